The van der Waals surface area contributed by atoms with Gasteiger partial charge in [-0.15, -0.1) is 0 Å². The molecule has 0 bridgehead atoms. The summed E-state index contributed by atoms with van der Waals surface area (Å²) in [6, 6.07) is 35.7. The summed E-state index contributed by atoms with van der Waals surface area (Å²) in [6.45, 7) is 6.74. The summed E-state index contributed by atoms with van der Waals surface area (Å²) in [5.74, 6) is 0. The number of nitrogens with zero attached hydrogens (tertiary/aromatic N) is 2. The maximum atomic E-state index is 2.49. The molecular weight excluding hydrogens is 532 g/mol. The van der Waals surface area contributed by atoms with E-state index in [1.54, 1.807) is 0 Å². The van der Waals surface area contributed by atoms with Crippen LogP contribution in [-0.2, 0) is 25.9 Å². The molecule has 0 aliphatic carbocycles. The number of fused-ring (bicyclic) bond motifs is 11. The molecule has 2 nitrogen and oxygen atoms in total. The molecule has 0 fully saturated rings. The molecule has 0 radical (unpaired) electrons. The van der Waals surface area contributed by atoms with Crippen molar-refractivity contribution in [2.75, 3.05) is 0 Å². The number of aryl methyl sites for hydroxylation is 2. The van der Waals surface area contributed by atoms with Gasteiger partial charge in [-0.05, 0) is 86.3 Å². The second kappa shape index (κ2) is 9.72. The number of benzene rings is 5. The first kappa shape index (κ1) is 25.4. The number of hydrogen-bond acceptors (Lipinski definition) is 0. The van der Waals surface area contributed by atoms with E-state index in [4.69, 9.17) is 0 Å². The average Bonchev–Trinajstić information content (AvgIpc) is 3.08. The van der Waals surface area contributed by atoms with E-state index in [-0.39, 0.29) is 0 Å². The summed E-state index contributed by atoms with van der Waals surface area (Å²) in [4.78, 5) is 0. The molecule has 0 amide bonds. The van der Waals surface area contributed by atoms with Crippen molar-refractivity contribution in [1.82, 2.24) is 0 Å². The van der Waals surface area contributed by atoms with E-state index in [1.165, 1.54) is 88.2 Å². The lowest BCUT2D eigenvalue weighted by molar-refractivity contribution is -0.689. The third-order valence-corrected chi connectivity index (χ3v) is 10.3. The summed E-state index contributed by atoms with van der Waals surface area (Å²) < 4.78 is 4.97. The molecular formula is C42H34N2+2. The molecule has 4 heterocycles. The molecule has 2 aliphatic rings. The van der Waals surface area contributed by atoms with Crippen LogP contribution in [0.4, 0.5) is 0 Å². The minimum atomic E-state index is 1.01. The maximum absolute atomic E-state index is 2.49. The van der Waals surface area contributed by atoms with Gasteiger partial charge in [-0.3, -0.25) is 0 Å². The Morgan fingerprint density at radius 2 is 1.14 bits per heavy atom. The molecule has 210 valence electrons. The molecule has 2 aliphatic heterocycles. The minimum absolute atomic E-state index is 1.01. The Morgan fingerprint density at radius 3 is 1.86 bits per heavy atom. The normalized spacial score (nSPS) is 13.7. The third-order valence-electron chi connectivity index (χ3n) is 10.3. The molecule has 0 spiro atoms. The quantitative estimate of drug-likeness (QED) is 0.146. The first-order valence-corrected chi connectivity index (χ1v) is 15.8. The van der Waals surface area contributed by atoms with Crippen LogP contribution >= 0.6 is 0 Å². The monoisotopic (exact) mass is 566 g/mol. The van der Waals surface area contributed by atoms with Crippen molar-refractivity contribution in [1.29, 1.82) is 0 Å². The summed E-state index contributed by atoms with van der Waals surface area (Å²) in [7, 11) is 0. The van der Waals surface area contributed by atoms with Crippen molar-refractivity contribution in [3.8, 4) is 22.5 Å². The topological polar surface area (TPSA) is 7.76 Å². The summed E-state index contributed by atoms with van der Waals surface area (Å²) in [5.41, 5.74) is 14.1. The zero-order chi connectivity index (χ0) is 29.4. The molecule has 7 aromatic rings. The molecule has 0 N–H and O–H groups in total. The summed E-state index contributed by atoms with van der Waals surface area (Å²) in [5, 5.41) is 7.79. The first-order chi connectivity index (χ1) is 21.7. The van der Waals surface area contributed by atoms with Gasteiger partial charge < -0.3 is 0 Å². The van der Waals surface area contributed by atoms with Crippen molar-refractivity contribution in [2.45, 2.75) is 39.8 Å². The van der Waals surface area contributed by atoms with Crippen molar-refractivity contribution in [2.24, 2.45) is 0 Å². The highest BCUT2D eigenvalue weighted by molar-refractivity contribution is 6.08. The zero-order valence-corrected chi connectivity index (χ0v) is 25.3. The number of rotatable bonds is 2. The van der Waals surface area contributed by atoms with Gasteiger partial charge >= 0.3 is 0 Å². The Labute approximate surface area is 258 Å². The van der Waals surface area contributed by atoms with Crippen LogP contribution in [0.25, 0.3) is 67.0 Å². The highest BCUT2D eigenvalue weighted by Gasteiger charge is 2.37. The average molecular weight is 567 g/mol. The molecule has 0 unspecified atom stereocenters. The second-order valence-electron chi connectivity index (χ2n) is 12.5. The van der Waals surface area contributed by atoms with E-state index in [9.17, 15) is 0 Å². The summed E-state index contributed by atoms with van der Waals surface area (Å²) in [6.07, 6.45) is 11.4. The van der Waals surface area contributed by atoms with Gasteiger partial charge in [0.15, 0.2) is 25.5 Å². The van der Waals surface area contributed by atoms with E-state index < -0.39 is 0 Å². The molecule has 0 saturated heterocycles. The molecule has 5 aromatic carbocycles. The van der Waals surface area contributed by atoms with Gasteiger partial charge in [0.2, 0.25) is 11.4 Å². The predicted octanol–water partition coefficient (Wildman–Crippen LogP) is 8.95. The smallest absolute Gasteiger partial charge is 0.198 e. The van der Waals surface area contributed by atoms with Crippen LogP contribution in [0, 0.1) is 13.8 Å². The van der Waals surface area contributed by atoms with Gasteiger partial charge in [0, 0.05) is 31.0 Å². The lowest BCUT2D eigenvalue weighted by Crippen LogP contribution is -2.43. The number of hydrogen-bond donors (Lipinski definition) is 0. The predicted molar refractivity (Wildman–Crippen MR) is 182 cm³/mol. The van der Waals surface area contributed by atoms with Crippen molar-refractivity contribution in [3.05, 3.63) is 143 Å². The Balaban J connectivity index is 1.27. The van der Waals surface area contributed by atoms with Crippen LogP contribution in [0.3, 0.4) is 0 Å². The Kier molecular flexibility index (Phi) is 5.62. The first-order valence-electron chi connectivity index (χ1n) is 15.8. The molecule has 0 atom stereocenters. The molecule has 2 heteroatoms. The fourth-order valence-corrected chi connectivity index (χ4v) is 7.95. The molecule has 2 aromatic heterocycles. The highest BCUT2D eigenvalue weighted by Crippen LogP contribution is 2.44. The van der Waals surface area contributed by atoms with Crippen LogP contribution < -0.4 is 9.13 Å². The van der Waals surface area contributed by atoms with Gasteiger partial charge in [0.25, 0.3) is 0 Å². The molecule has 44 heavy (non-hydrogen) atoms. The Morgan fingerprint density at radius 1 is 0.545 bits per heavy atom. The Bertz CT molecular complexity index is 2300. The number of aromatic nitrogens is 2. The van der Waals surface area contributed by atoms with Crippen molar-refractivity contribution < 1.29 is 9.13 Å². The van der Waals surface area contributed by atoms with Crippen LogP contribution in [0.1, 0.15) is 33.4 Å². The molecule has 0 saturated carbocycles. The van der Waals surface area contributed by atoms with Crippen LogP contribution in [-0.4, -0.2) is 0 Å². The third kappa shape index (κ3) is 3.74. The zero-order valence-electron chi connectivity index (χ0n) is 25.3. The lowest BCUT2D eigenvalue weighted by Gasteiger charge is -2.27. The maximum Gasteiger partial charge on any atom is 0.221 e. The van der Waals surface area contributed by atoms with Crippen LogP contribution in [0.5, 0.6) is 0 Å². The molecule has 9 rings (SSSR count). The highest BCUT2D eigenvalue weighted by atomic mass is 15.0. The van der Waals surface area contributed by atoms with E-state index >= 15 is 0 Å². The van der Waals surface area contributed by atoms with Crippen LogP contribution in [0.15, 0.2) is 109 Å². The summed E-state index contributed by atoms with van der Waals surface area (Å²) >= 11 is 0. The Hall–Kier alpha value is -5.08. The number of pyridine rings is 2. The largest absolute Gasteiger partial charge is 0.221 e. The lowest BCUT2D eigenvalue weighted by atomic mass is 9.79. The SMILES string of the molecule is Cc1c(C)c2c(c3c1CC[n+]1ccc(/C=C/c4c5ccccc5cc5ccccc45)cc1-3)-c1c3ccccc3cc[n+]1CC2. The van der Waals surface area contributed by atoms with Crippen molar-refractivity contribution >= 4 is 44.5 Å². The van der Waals surface area contributed by atoms with E-state index in [0.717, 1.165) is 25.9 Å². The van der Waals surface area contributed by atoms with E-state index in [2.05, 4.69) is 145 Å². The van der Waals surface area contributed by atoms with E-state index in [1.807, 2.05) is 0 Å². The fraction of sp³-hybridized carbons (Fsp3) is 0.143. The van der Waals surface area contributed by atoms with Crippen molar-refractivity contribution in [3.63, 3.8) is 0 Å². The van der Waals surface area contributed by atoms with Gasteiger partial charge in [0.1, 0.15) is 0 Å². The van der Waals surface area contributed by atoms with Gasteiger partial charge in [-0.25, -0.2) is 0 Å². The van der Waals surface area contributed by atoms with Crippen LogP contribution in [0.2, 0.25) is 0 Å². The second-order valence-corrected chi connectivity index (χ2v) is 12.5. The standard InChI is InChI=1S/C42H34N2/c1-27-28(2)34-20-24-44-22-18-30-9-3-8-14-37(30)42(44)41(34)40-33(27)19-23-43-21-17-29(25-39(40)43)15-16-38-35-12-6-4-10-31(35)26-32-11-5-7-13-36(32)38/h3-18,21-22,25-26H,19-20,23-24H2,1-2H3/q+2/b16-15+. The minimum Gasteiger partial charge on any atom is -0.198 e. The fourth-order valence-electron chi connectivity index (χ4n) is 7.95. The van der Waals surface area contributed by atoms with Gasteiger partial charge in [0.05, 0.1) is 16.5 Å². The van der Waals surface area contributed by atoms with E-state index in [0.29, 0.717) is 0 Å². The van der Waals surface area contributed by atoms with Gasteiger partial charge in [-0.1, -0.05) is 78.9 Å². The van der Waals surface area contributed by atoms with Gasteiger partial charge in [-0.2, -0.15) is 9.13 Å².